The van der Waals surface area contributed by atoms with Gasteiger partial charge in [0.25, 0.3) is 0 Å². The Morgan fingerprint density at radius 3 is 2.73 bits per heavy atom. The van der Waals surface area contributed by atoms with Crippen LogP contribution in [0.3, 0.4) is 0 Å². The van der Waals surface area contributed by atoms with Crippen LogP contribution in [0.5, 0.6) is 11.5 Å². The van der Waals surface area contributed by atoms with Crippen molar-refractivity contribution in [1.82, 2.24) is 4.90 Å². The van der Waals surface area contributed by atoms with Crippen LogP contribution in [0, 0.1) is 6.92 Å². The van der Waals surface area contributed by atoms with Gasteiger partial charge in [0.05, 0.1) is 25.8 Å². The van der Waals surface area contributed by atoms with Crippen molar-refractivity contribution in [2.75, 3.05) is 31.6 Å². The molecule has 30 heavy (non-hydrogen) atoms. The molecule has 2 aromatic rings. The van der Waals surface area contributed by atoms with Crippen molar-refractivity contribution in [1.29, 1.82) is 0 Å². The molecule has 158 valence electrons. The number of rotatable bonds is 5. The summed E-state index contributed by atoms with van der Waals surface area (Å²) in [7, 11) is 0. The Balaban J connectivity index is 1.46. The van der Waals surface area contributed by atoms with Gasteiger partial charge >= 0.3 is 0 Å². The van der Waals surface area contributed by atoms with Crippen LogP contribution in [0.15, 0.2) is 36.4 Å². The van der Waals surface area contributed by atoms with Crippen molar-refractivity contribution >= 4 is 17.5 Å². The number of hydrogen-bond acceptors (Lipinski definition) is 5. The molecular formula is C23H27N3O4. The average Bonchev–Trinajstić information content (AvgIpc) is 3.11. The van der Waals surface area contributed by atoms with E-state index in [0.717, 1.165) is 54.1 Å². The smallest absolute Gasteiger partial charge is 0.249 e. The first-order valence-electron chi connectivity index (χ1n) is 10.4. The van der Waals surface area contributed by atoms with Crippen LogP contribution < -0.4 is 20.5 Å². The molecule has 0 bridgehead atoms. The number of carbonyl (C=O) groups excluding carboxylic acids is 2. The van der Waals surface area contributed by atoms with Gasteiger partial charge in [0, 0.05) is 24.2 Å². The maximum Gasteiger partial charge on any atom is 0.249 e. The van der Waals surface area contributed by atoms with Gasteiger partial charge in [0.15, 0.2) is 11.5 Å². The van der Waals surface area contributed by atoms with E-state index in [1.807, 2.05) is 36.1 Å². The summed E-state index contributed by atoms with van der Waals surface area (Å²) in [4.78, 5) is 26.5. The van der Waals surface area contributed by atoms with Gasteiger partial charge in [0.2, 0.25) is 11.8 Å². The van der Waals surface area contributed by atoms with Crippen molar-refractivity contribution in [3.8, 4) is 11.5 Å². The fraction of sp³-hybridized carbons (Fsp3) is 0.391. The number of primary amides is 1. The van der Waals surface area contributed by atoms with Gasteiger partial charge in [-0.05, 0) is 55.2 Å². The number of anilines is 1. The second-order valence-corrected chi connectivity index (χ2v) is 7.70. The summed E-state index contributed by atoms with van der Waals surface area (Å²) in [6.07, 6.45) is 2.74. The molecule has 2 aromatic carbocycles. The van der Waals surface area contributed by atoms with Crippen LogP contribution in [0.4, 0.5) is 5.69 Å². The van der Waals surface area contributed by atoms with Crippen molar-refractivity contribution in [3.63, 3.8) is 0 Å². The topological polar surface area (TPSA) is 93.9 Å². The number of nitrogens with two attached hydrogens (primary N) is 1. The van der Waals surface area contributed by atoms with Crippen molar-refractivity contribution in [2.45, 2.75) is 32.2 Å². The first-order chi connectivity index (χ1) is 14.5. The number of nitrogens with zero attached hydrogens (tertiary/aromatic N) is 1. The van der Waals surface area contributed by atoms with Gasteiger partial charge < -0.3 is 25.4 Å². The van der Waals surface area contributed by atoms with Crippen LogP contribution >= 0.6 is 0 Å². The lowest BCUT2D eigenvalue weighted by molar-refractivity contribution is -0.130. The molecule has 0 spiro atoms. The summed E-state index contributed by atoms with van der Waals surface area (Å²) < 4.78 is 11.5. The van der Waals surface area contributed by atoms with Gasteiger partial charge in [-0.3, -0.25) is 9.59 Å². The molecule has 1 saturated heterocycles. The zero-order valence-electron chi connectivity index (χ0n) is 17.1. The molecule has 0 radical (unpaired) electrons. The quantitative estimate of drug-likeness (QED) is 0.792. The molecule has 1 fully saturated rings. The molecule has 3 N–H and O–H groups in total. The monoisotopic (exact) mass is 409 g/mol. The predicted molar refractivity (Wildman–Crippen MR) is 114 cm³/mol. The number of likely N-dealkylation sites (tertiary alicyclic amines) is 1. The summed E-state index contributed by atoms with van der Waals surface area (Å²) in [5.41, 5.74) is 8.43. The molecule has 1 unspecified atom stereocenters. The first-order valence-corrected chi connectivity index (χ1v) is 10.4. The Kier molecular flexibility index (Phi) is 5.79. The number of carbonyl (C=O) groups is 2. The van der Waals surface area contributed by atoms with Gasteiger partial charge in [-0.25, -0.2) is 0 Å². The molecule has 0 saturated carbocycles. The third-order valence-corrected chi connectivity index (χ3v) is 5.76. The highest BCUT2D eigenvalue weighted by molar-refractivity contribution is 5.96. The van der Waals surface area contributed by atoms with E-state index in [2.05, 4.69) is 5.32 Å². The molecule has 0 aromatic heterocycles. The zero-order valence-corrected chi connectivity index (χ0v) is 17.1. The van der Waals surface area contributed by atoms with E-state index in [1.165, 1.54) is 0 Å². The van der Waals surface area contributed by atoms with Gasteiger partial charge in [-0.2, -0.15) is 0 Å². The number of ether oxygens (including phenoxy) is 2. The van der Waals surface area contributed by atoms with E-state index in [-0.39, 0.29) is 18.5 Å². The molecule has 2 aliphatic heterocycles. The lowest BCUT2D eigenvalue weighted by Crippen LogP contribution is -2.35. The van der Waals surface area contributed by atoms with Crippen LogP contribution in [0.25, 0.3) is 0 Å². The second-order valence-electron chi connectivity index (χ2n) is 7.70. The zero-order chi connectivity index (χ0) is 21.1. The minimum Gasteiger partial charge on any atom is -0.490 e. The van der Waals surface area contributed by atoms with Crippen molar-refractivity contribution in [3.05, 3.63) is 53.1 Å². The SMILES string of the molecule is Cc1c(NCC(=O)N2CCCC2c2ccc3c(c2)OCCCO3)cccc1C(N)=O. The highest BCUT2D eigenvalue weighted by atomic mass is 16.5. The van der Waals surface area contributed by atoms with Crippen LogP contribution in [0.1, 0.15) is 46.8 Å². The summed E-state index contributed by atoms with van der Waals surface area (Å²) >= 11 is 0. The summed E-state index contributed by atoms with van der Waals surface area (Å²) in [6, 6.07) is 11.3. The minimum absolute atomic E-state index is 0.0217. The number of benzene rings is 2. The molecule has 4 rings (SSSR count). The third-order valence-electron chi connectivity index (χ3n) is 5.76. The number of nitrogens with one attached hydrogen (secondary N) is 1. The number of fused-ring (bicyclic) bond motifs is 1. The molecule has 1 atom stereocenters. The van der Waals surface area contributed by atoms with Crippen LogP contribution in [0.2, 0.25) is 0 Å². The minimum atomic E-state index is -0.475. The highest BCUT2D eigenvalue weighted by Crippen LogP contribution is 2.38. The van der Waals surface area contributed by atoms with E-state index >= 15 is 0 Å². The van der Waals surface area contributed by atoms with Gasteiger partial charge in [0.1, 0.15) is 0 Å². The van der Waals surface area contributed by atoms with Crippen molar-refractivity contribution in [2.24, 2.45) is 5.73 Å². The summed E-state index contributed by atoms with van der Waals surface area (Å²) in [5, 5.41) is 3.17. The highest BCUT2D eigenvalue weighted by Gasteiger charge is 2.30. The molecule has 2 amide bonds. The van der Waals surface area contributed by atoms with Crippen molar-refractivity contribution < 1.29 is 19.1 Å². The summed E-state index contributed by atoms with van der Waals surface area (Å²) in [6.45, 7) is 3.99. The standard InChI is InChI=1S/C23H27N3O4/c1-15-17(23(24)28)5-2-6-18(15)25-14-22(27)26-10-3-7-19(26)16-8-9-20-21(13-16)30-12-4-11-29-20/h2,5-6,8-9,13,19,25H,3-4,7,10-12,14H2,1H3,(H2,24,28). The predicted octanol–water partition coefficient (Wildman–Crippen LogP) is 3.03. The van der Waals surface area contributed by atoms with E-state index in [1.54, 1.807) is 12.1 Å². The average molecular weight is 409 g/mol. The van der Waals surface area contributed by atoms with E-state index in [4.69, 9.17) is 15.2 Å². The third kappa shape index (κ3) is 4.06. The number of hydrogen-bond donors (Lipinski definition) is 2. The fourth-order valence-corrected chi connectivity index (χ4v) is 4.17. The molecule has 7 heteroatoms. The molecular weight excluding hydrogens is 382 g/mol. The van der Waals surface area contributed by atoms with Crippen LogP contribution in [-0.2, 0) is 4.79 Å². The molecule has 2 aliphatic rings. The van der Waals surface area contributed by atoms with E-state index in [9.17, 15) is 9.59 Å². The normalized spacial score (nSPS) is 18.0. The lowest BCUT2D eigenvalue weighted by atomic mass is 10.0. The Bertz CT molecular complexity index is 959. The Morgan fingerprint density at radius 2 is 1.93 bits per heavy atom. The Labute approximate surface area is 176 Å². The largest absolute Gasteiger partial charge is 0.490 e. The Morgan fingerprint density at radius 1 is 1.13 bits per heavy atom. The van der Waals surface area contributed by atoms with Gasteiger partial charge in [-0.1, -0.05) is 12.1 Å². The van der Waals surface area contributed by atoms with Gasteiger partial charge in [-0.15, -0.1) is 0 Å². The fourth-order valence-electron chi connectivity index (χ4n) is 4.17. The molecule has 0 aliphatic carbocycles. The number of amides is 2. The second kappa shape index (κ2) is 8.65. The van der Waals surface area contributed by atoms with Crippen LogP contribution in [-0.4, -0.2) is 43.0 Å². The lowest BCUT2D eigenvalue weighted by Gasteiger charge is -2.26. The molecule has 2 heterocycles. The Hall–Kier alpha value is -3.22. The van der Waals surface area contributed by atoms with E-state index in [0.29, 0.717) is 18.8 Å². The first kappa shape index (κ1) is 20.1. The maximum atomic E-state index is 13.0. The van der Waals surface area contributed by atoms with E-state index < -0.39 is 5.91 Å². The maximum absolute atomic E-state index is 13.0. The molecule has 7 nitrogen and oxygen atoms in total. The summed E-state index contributed by atoms with van der Waals surface area (Å²) in [5.74, 6) is 1.06.